The van der Waals surface area contributed by atoms with Crippen LogP contribution in [-0.2, 0) is 0 Å². The SMILES string of the molecule is CNC(=O)c1ccn2c(C)cc(C)nc12.[HH]. The molecule has 0 spiro atoms. The number of carbonyl (C=O) groups is 1. The number of nitrogens with zero attached hydrogens (tertiary/aromatic N) is 2. The standard InChI is InChI=1S/C11H13N3O.H2/c1-7-6-8(2)14-5-4-9(10(14)13-7)11(15)12-3;/h4-6H,1-3H3,(H,12,15);1H. The van der Waals surface area contributed by atoms with Gasteiger partial charge in [0, 0.05) is 26.1 Å². The molecule has 2 aromatic heterocycles. The van der Waals surface area contributed by atoms with E-state index in [0.29, 0.717) is 11.2 Å². The minimum atomic E-state index is -0.102. The highest BCUT2D eigenvalue weighted by molar-refractivity contribution is 5.99. The maximum Gasteiger partial charge on any atom is 0.254 e. The summed E-state index contributed by atoms with van der Waals surface area (Å²) in [7, 11) is 1.62. The molecule has 0 aliphatic carbocycles. The van der Waals surface area contributed by atoms with Crippen LogP contribution in [0.2, 0.25) is 0 Å². The highest BCUT2D eigenvalue weighted by Gasteiger charge is 2.11. The lowest BCUT2D eigenvalue weighted by Gasteiger charge is -2.03. The van der Waals surface area contributed by atoms with Gasteiger partial charge in [0.25, 0.3) is 5.91 Å². The van der Waals surface area contributed by atoms with Crippen molar-refractivity contribution in [2.45, 2.75) is 13.8 Å². The Morgan fingerprint density at radius 3 is 2.93 bits per heavy atom. The van der Waals surface area contributed by atoms with Crippen LogP contribution in [0.3, 0.4) is 0 Å². The molecule has 80 valence electrons. The van der Waals surface area contributed by atoms with Gasteiger partial charge in [-0.25, -0.2) is 4.98 Å². The quantitative estimate of drug-likeness (QED) is 0.768. The molecule has 4 nitrogen and oxygen atoms in total. The fourth-order valence-electron chi connectivity index (χ4n) is 1.71. The van der Waals surface area contributed by atoms with Crippen LogP contribution in [-0.4, -0.2) is 22.3 Å². The first-order valence-electron chi connectivity index (χ1n) is 4.81. The molecular weight excluding hydrogens is 190 g/mol. The second-order valence-electron chi connectivity index (χ2n) is 3.54. The Morgan fingerprint density at radius 1 is 1.53 bits per heavy atom. The topological polar surface area (TPSA) is 46.4 Å². The van der Waals surface area contributed by atoms with E-state index in [9.17, 15) is 4.79 Å². The molecule has 0 fully saturated rings. The second-order valence-corrected chi connectivity index (χ2v) is 3.54. The maximum absolute atomic E-state index is 11.5. The van der Waals surface area contributed by atoms with Crippen molar-refractivity contribution in [3.8, 4) is 0 Å². The summed E-state index contributed by atoms with van der Waals surface area (Å²) in [5, 5.41) is 2.61. The van der Waals surface area contributed by atoms with E-state index in [-0.39, 0.29) is 7.33 Å². The van der Waals surface area contributed by atoms with E-state index in [1.807, 2.05) is 30.5 Å². The van der Waals surface area contributed by atoms with Crippen molar-refractivity contribution in [2.24, 2.45) is 0 Å². The molecule has 1 amide bonds. The number of nitrogens with one attached hydrogen (secondary N) is 1. The van der Waals surface area contributed by atoms with Crippen molar-refractivity contribution in [3.05, 3.63) is 35.3 Å². The van der Waals surface area contributed by atoms with E-state index in [0.717, 1.165) is 11.4 Å². The Morgan fingerprint density at radius 2 is 2.27 bits per heavy atom. The molecule has 0 bridgehead atoms. The van der Waals surface area contributed by atoms with Crippen LogP contribution in [0.15, 0.2) is 18.3 Å². The minimum absolute atomic E-state index is 0. The summed E-state index contributed by atoms with van der Waals surface area (Å²) in [5.41, 5.74) is 3.33. The fourth-order valence-corrected chi connectivity index (χ4v) is 1.71. The van der Waals surface area contributed by atoms with Crippen molar-refractivity contribution in [1.82, 2.24) is 14.7 Å². The Kier molecular flexibility index (Phi) is 2.19. The predicted molar refractivity (Wildman–Crippen MR) is 60.2 cm³/mol. The molecule has 15 heavy (non-hydrogen) atoms. The number of hydrogen-bond acceptors (Lipinski definition) is 2. The summed E-state index contributed by atoms with van der Waals surface area (Å²) in [6.45, 7) is 3.92. The number of rotatable bonds is 1. The monoisotopic (exact) mass is 205 g/mol. The molecular formula is C11H15N3O. The molecule has 0 saturated carbocycles. The van der Waals surface area contributed by atoms with Gasteiger partial charge in [0.2, 0.25) is 0 Å². The lowest BCUT2D eigenvalue weighted by Crippen LogP contribution is -2.17. The number of aromatic nitrogens is 2. The van der Waals surface area contributed by atoms with Crippen LogP contribution >= 0.6 is 0 Å². The predicted octanol–water partition coefficient (Wildman–Crippen LogP) is 1.56. The zero-order chi connectivity index (χ0) is 11.0. The summed E-state index contributed by atoms with van der Waals surface area (Å²) in [4.78, 5) is 15.9. The van der Waals surface area contributed by atoms with Crippen molar-refractivity contribution in [1.29, 1.82) is 0 Å². The summed E-state index contributed by atoms with van der Waals surface area (Å²) in [6, 6.07) is 3.77. The van der Waals surface area contributed by atoms with Crippen LogP contribution in [0.5, 0.6) is 0 Å². The molecule has 2 heterocycles. The Labute approximate surface area is 89.4 Å². The lowest BCUT2D eigenvalue weighted by molar-refractivity contribution is 0.0964. The van der Waals surface area contributed by atoms with Crippen molar-refractivity contribution in [3.63, 3.8) is 0 Å². The maximum atomic E-state index is 11.5. The zero-order valence-corrected chi connectivity index (χ0v) is 9.03. The smallest absolute Gasteiger partial charge is 0.254 e. The van der Waals surface area contributed by atoms with Crippen LogP contribution in [0.1, 0.15) is 23.2 Å². The summed E-state index contributed by atoms with van der Waals surface area (Å²) in [5.74, 6) is -0.102. The van der Waals surface area contributed by atoms with E-state index in [1.165, 1.54) is 0 Å². The van der Waals surface area contributed by atoms with E-state index in [1.54, 1.807) is 13.1 Å². The summed E-state index contributed by atoms with van der Waals surface area (Å²) < 4.78 is 1.91. The molecule has 4 heteroatoms. The Bertz CT molecular complexity index is 533. The minimum Gasteiger partial charge on any atom is -0.355 e. The molecule has 0 saturated heterocycles. The molecule has 0 atom stereocenters. The Hall–Kier alpha value is -1.84. The van der Waals surface area contributed by atoms with Gasteiger partial charge in [0.1, 0.15) is 5.65 Å². The second kappa shape index (κ2) is 3.38. The third-order valence-electron chi connectivity index (χ3n) is 2.41. The first-order chi connectivity index (χ1) is 7.13. The van der Waals surface area contributed by atoms with Crippen molar-refractivity contribution < 1.29 is 6.22 Å². The van der Waals surface area contributed by atoms with E-state index in [4.69, 9.17) is 0 Å². The molecule has 0 aromatic carbocycles. The first-order valence-corrected chi connectivity index (χ1v) is 4.81. The molecule has 2 rings (SSSR count). The number of fused-ring (bicyclic) bond motifs is 1. The first kappa shape index (κ1) is 9.71. The van der Waals surface area contributed by atoms with E-state index in [2.05, 4.69) is 10.3 Å². The number of hydrogen-bond donors (Lipinski definition) is 1. The van der Waals surface area contributed by atoms with Gasteiger partial charge in [-0.15, -0.1) is 0 Å². The molecule has 1 N–H and O–H groups in total. The number of aryl methyl sites for hydroxylation is 2. The van der Waals surface area contributed by atoms with E-state index >= 15 is 0 Å². The van der Waals surface area contributed by atoms with Crippen LogP contribution in [0.4, 0.5) is 0 Å². The van der Waals surface area contributed by atoms with Gasteiger partial charge in [0.05, 0.1) is 5.56 Å². The fraction of sp³-hybridized carbons (Fsp3) is 0.273. The largest absolute Gasteiger partial charge is 0.355 e. The van der Waals surface area contributed by atoms with Gasteiger partial charge in [-0.3, -0.25) is 4.79 Å². The molecule has 0 aliphatic heterocycles. The number of amides is 1. The zero-order valence-electron chi connectivity index (χ0n) is 9.03. The summed E-state index contributed by atoms with van der Waals surface area (Å²) in [6.07, 6.45) is 1.86. The van der Waals surface area contributed by atoms with Crippen LogP contribution in [0, 0.1) is 13.8 Å². The average Bonchev–Trinajstić information content (AvgIpc) is 2.60. The van der Waals surface area contributed by atoms with E-state index < -0.39 is 0 Å². The third kappa shape index (κ3) is 1.48. The van der Waals surface area contributed by atoms with Crippen molar-refractivity contribution >= 4 is 11.6 Å². The lowest BCUT2D eigenvalue weighted by atomic mass is 10.3. The average molecular weight is 205 g/mol. The van der Waals surface area contributed by atoms with Gasteiger partial charge in [-0.1, -0.05) is 0 Å². The molecule has 2 aromatic rings. The van der Waals surface area contributed by atoms with Gasteiger partial charge < -0.3 is 9.72 Å². The normalized spacial score (nSPS) is 10.6. The van der Waals surface area contributed by atoms with Crippen LogP contribution < -0.4 is 5.32 Å². The van der Waals surface area contributed by atoms with Crippen LogP contribution in [0.25, 0.3) is 5.65 Å². The van der Waals surface area contributed by atoms with Crippen molar-refractivity contribution in [2.75, 3.05) is 7.05 Å². The molecule has 0 radical (unpaired) electrons. The van der Waals surface area contributed by atoms with Gasteiger partial charge in [-0.2, -0.15) is 0 Å². The highest BCUT2D eigenvalue weighted by atomic mass is 16.1. The van der Waals surface area contributed by atoms with Gasteiger partial charge in [0.15, 0.2) is 0 Å². The molecule has 0 aliphatic rings. The van der Waals surface area contributed by atoms with Gasteiger partial charge >= 0.3 is 0 Å². The molecule has 0 unspecified atom stereocenters. The number of carbonyl (C=O) groups excluding carboxylic acids is 1. The third-order valence-corrected chi connectivity index (χ3v) is 2.41. The Balaban J connectivity index is 0.00000128. The van der Waals surface area contributed by atoms with Gasteiger partial charge in [-0.05, 0) is 26.0 Å². The summed E-state index contributed by atoms with van der Waals surface area (Å²) >= 11 is 0. The highest BCUT2D eigenvalue weighted by Crippen LogP contribution is 2.13.